The van der Waals surface area contributed by atoms with E-state index in [2.05, 4.69) is 151 Å². The summed E-state index contributed by atoms with van der Waals surface area (Å²) < 4.78 is 0. The van der Waals surface area contributed by atoms with Crippen molar-refractivity contribution in [1.29, 1.82) is 0 Å². The predicted octanol–water partition coefficient (Wildman–Crippen LogP) is 11.1. The molecule has 2 unspecified atom stereocenters. The number of hydrogen-bond acceptors (Lipinski definition) is 1. The van der Waals surface area contributed by atoms with Crippen LogP contribution in [0.3, 0.4) is 0 Å². The van der Waals surface area contributed by atoms with E-state index < -0.39 is 0 Å². The molecule has 2 aromatic carbocycles. The van der Waals surface area contributed by atoms with Crippen LogP contribution >= 0.6 is 12.6 Å². The fourth-order valence-electron chi connectivity index (χ4n) is 5.49. The third-order valence-corrected chi connectivity index (χ3v) is 8.96. The van der Waals surface area contributed by atoms with Gasteiger partial charge in [-0.3, -0.25) is 0 Å². The molecule has 0 aromatic heterocycles. The molecule has 0 saturated carbocycles. The minimum absolute atomic E-state index is 0.108. The lowest BCUT2D eigenvalue weighted by Gasteiger charge is -2.52. The van der Waals surface area contributed by atoms with Gasteiger partial charge >= 0.3 is 0 Å². The zero-order chi connectivity index (χ0) is 27.0. The monoisotopic (exact) mass is 494 g/mol. The maximum Gasteiger partial charge on any atom is 0.00401 e. The van der Waals surface area contributed by atoms with Gasteiger partial charge in [0, 0.05) is 4.90 Å². The van der Waals surface area contributed by atoms with Crippen molar-refractivity contribution >= 4 is 12.6 Å². The first-order valence-corrected chi connectivity index (χ1v) is 14.0. The molecule has 0 aliphatic carbocycles. The van der Waals surface area contributed by atoms with Gasteiger partial charge in [-0.1, -0.05) is 126 Å². The summed E-state index contributed by atoms with van der Waals surface area (Å²) in [5.74, 6) is 0.955. The Labute approximate surface area is 224 Å². The van der Waals surface area contributed by atoms with E-state index in [9.17, 15) is 0 Å². The average molecular weight is 495 g/mol. The summed E-state index contributed by atoms with van der Waals surface area (Å²) in [6.07, 6.45) is 2.32. The second kappa shape index (κ2) is 10.3. The fraction of sp³-hybridized carbons (Fsp3) is 0.647. The minimum atomic E-state index is 0.108. The van der Waals surface area contributed by atoms with Crippen molar-refractivity contribution < 1.29 is 0 Å². The summed E-state index contributed by atoms with van der Waals surface area (Å²) in [6.45, 7) is 31.3. The summed E-state index contributed by atoms with van der Waals surface area (Å²) in [5.41, 5.74) is 5.17. The quantitative estimate of drug-likeness (QED) is 0.363. The number of hydrogen-bond donors (Lipinski definition) is 1. The molecule has 0 bridgehead atoms. The van der Waals surface area contributed by atoms with Gasteiger partial charge in [-0.25, -0.2) is 0 Å². The van der Waals surface area contributed by atoms with Crippen molar-refractivity contribution in [1.82, 2.24) is 0 Å². The first-order chi connectivity index (χ1) is 15.6. The van der Waals surface area contributed by atoms with E-state index in [0.717, 1.165) is 11.3 Å². The minimum Gasteiger partial charge on any atom is -0.143 e. The molecule has 0 aliphatic heterocycles. The zero-order valence-corrected chi connectivity index (χ0v) is 26.0. The molecule has 1 heteroatoms. The first-order valence-electron chi connectivity index (χ1n) is 13.5. The molecular formula is C34H54S. The molecule has 0 N–H and O–H groups in total. The third kappa shape index (κ3) is 7.64. The van der Waals surface area contributed by atoms with E-state index in [-0.39, 0.29) is 27.1 Å². The van der Waals surface area contributed by atoms with Crippen LogP contribution in [0, 0.1) is 21.7 Å². The molecule has 2 aromatic rings. The number of benzene rings is 2. The Bertz CT molecular complexity index is 938. The average Bonchev–Trinajstić information content (AvgIpc) is 2.69. The molecule has 0 heterocycles. The Hall–Kier alpha value is -1.21. The number of thiol groups is 1. The highest BCUT2D eigenvalue weighted by Crippen LogP contribution is 2.57. The van der Waals surface area contributed by atoms with Crippen LogP contribution in [0.2, 0.25) is 0 Å². The van der Waals surface area contributed by atoms with Crippen molar-refractivity contribution in [3.63, 3.8) is 0 Å². The van der Waals surface area contributed by atoms with Crippen LogP contribution in [0.25, 0.3) is 0 Å². The van der Waals surface area contributed by atoms with Crippen molar-refractivity contribution in [2.24, 2.45) is 21.7 Å². The molecule has 0 spiro atoms. The highest BCUT2D eigenvalue weighted by molar-refractivity contribution is 7.80. The van der Waals surface area contributed by atoms with Gasteiger partial charge in [0.15, 0.2) is 0 Å². The van der Waals surface area contributed by atoms with Gasteiger partial charge in [-0.05, 0) is 80.6 Å². The lowest BCUT2D eigenvalue weighted by atomic mass is 9.53. The van der Waals surface area contributed by atoms with Crippen LogP contribution < -0.4 is 0 Å². The molecule has 2 atom stereocenters. The normalized spacial score (nSPS) is 15.7. The summed E-state index contributed by atoms with van der Waals surface area (Å²) >= 11 is 4.54. The summed E-state index contributed by atoms with van der Waals surface area (Å²) in [7, 11) is 0. The maximum absolute atomic E-state index is 4.54. The predicted molar refractivity (Wildman–Crippen MR) is 160 cm³/mol. The standard InChI is InChI=1S/C34H54S/c1-30(2,3)22-29(25-14-18-26(19-15-25)31(4,5)6)34(12,13)33(10,11)23-28(32(7,8)9)24-16-20-27(35)21-17-24/h14-21,28-29,35H,22-23H2,1-13H3. The molecule has 0 amide bonds. The van der Waals surface area contributed by atoms with Gasteiger partial charge in [0.2, 0.25) is 0 Å². The third-order valence-electron chi connectivity index (χ3n) is 8.67. The van der Waals surface area contributed by atoms with Crippen molar-refractivity contribution in [2.75, 3.05) is 0 Å². The molecule has 0 fully saturated rings. The molecule has 196 valence electrons. The molecule has 0 radical (unpaired) electrons. The zero-order valence-electron chi connectivity index (χ0n) is 25.1. The SMILES string of the molecule is CC(C)(C)CC(c1ccc(C(C)(C)C)cc1)C(C)(C)C(C)(C)CC(c1ccc(S)cc1)C(C)(C)C. The van der Waals surface area contributed by atoms with E-state index in [4.69, 9.17) is 0 Å². The maximum atomic E-state index is 4.54. The van der Waals surface area contributed by atoms with Crippen molar-refractivity contribution in [3.8, 4) is 0 Å². The summed E-state index contributed by atoms with van der Waals surface area (Å²) in [6, 6.07) is 18.4. The highest BCUT2D eigenvalue weighted by Gasteiger charge is 2.47. The molecular weight excluding hydrogens is 440 g/mol. The van der Waals surface area contributed by atoms with E-state index in [1.165, 1.54) is 23.1 Å². The Kier molecular flexibility index (Phi) is 8.81. The van der Waals surface area contributed by atoms with Gasteiger partial charge in [0.05, 0.1) is 0 Å². The summed E-state index contributed by atoms with van der Waals surface area (Å²) in [5, 5.41) is 0. The first kappa shape index (κ1) is 30.0. The van der Waals surface area contributed by atoms with Crippen molar-refractivity contribution in [2.45, 2.75) is 125 Å². The van der Waals surface area contributed by atoms with Crippen LogP contribution in [0.4, 0.5) is 0 Å². The van der Waals surface area contributed by atoms with E-state index in [1.807, 2.05) is 0 Å². The molecule has 0 saturated heterocycles. The Morgan fingerprint density at radius 3 is 1.40 bits per heavy atom. The second-order valence-corrected chi connectivity index (χ2v) is 16.0. The number of rotatable bonds is 7. The topological polar surface area (TPSA) is 0 Å². The Balaban J connectivity index is 2.52. The molecule has 0 aliphatic rings. The summed E-state index contributed by atoms with van der Waals surface area (Å²) in [4.78, 5) is 1.03. The largest absolute Gasteiger partial charge is 0.143 e. The van der Waals surface area contributed by atoms with Gasteiger partial charge in [-0.2, -0.15) is 0 Å². The van der Waals surface area contributed by atoms with Gasteiger partial charge < -0.3 is 0 Å². The van der Waals surface area contributed by atoms with Gasteiger partial charge in [0.1, 0.15) is 0 Å². The van der Waals surface area contributed by atoms with E-state index in [1.54, 1.807) is 0 Å². The van der Waals surface area contributed by atoms with Crippen LogP contribution in [0.1, 0.15) is 131 Å². The fourth-order valence-corrected chi connectivity index (χ4v) is 5.64. The molecule has 35 heavy (non-hydrogen) atoms. The van der Waals surface area contributed by atoms with E-state index >= 15 is 0 Å². The molecule has 0 nitrogen and oxygen atoms in total. The Morgan fingerprint density at radius 1 is 0.571 bits per heavy atom. The Morgan fingerprint density at radius 2 is 1.00 bits per heavy atom. The van der Waals surface area contributed by atoms with Crippen molar-refractivity contribution in [3.05, 3.63) is 65.2 Å². The van der Waals surface area contributed by atoms with Gasteiger partial charge in [0.25, 0.3) is 0 Å². The molecule has 2 rings (SSSR count). The van der Waals surface area contributed by atoms with Crippen LogP contribution in [0.15, 0.2) is 53.4 Å². The van der Waals surface area contributed by atoms with Gasteiger partial charge in [-0.15, -0.1) is 12.6 Å². The van der Waals surface area contributed by atoms with Crippen LogP contribution in [0.5, 0.6) is 0 Å². The highest BCUT2D eigenvalue weighted by atomic mass is 32.1. The lowest BCUT2D eigenvalue weighted by Crippen LogP contribution is -2.41. The lowest BCUT2D eigenvalue weighted by molar-refractivity contribution is 0.0305. The second-order valence-electron chi connectivity index (χ2n) is 15.5. The van der Waals surface area contributed by atoms with Crippen LogP contribution in [-0.2, 0) is 5.41 Å². The smallest absolute Gasteiger partial charge is 0.00401 e. The van der Waals surface area contributed by atoms with E-state index in [0.29, 0.717) is 11.8 Å². The van der Waals surface area contributed by atoms with Crippen LogP contribution in [-0.4, -0.2) is 0 Å².